The van der Waals surface area contributed by atoms with Crippen molar-refractivity contribution in [3.63, 3.8) is 0 Å². The Kier molecular flexibility index (Phi) is 3.50. The zero-order chi connectivity index (χ0) is 20.4. The van der Waals surface area contributed by atoms with E-state index in [-0.39, 0.29) is 12.1 Å². The lowest BCUT2D eigenvalue weighted by Gasteiger charge is -2.42. The van der Waals surface area contributed by atoms with Gasteiger partial charge in [-0.25, -0.2) is 9.36 Å². The van der Waals surface area contributed by atoms with Crippen LogP contribution in [0.15, 0.2) is 66.7 Å². The molecule has 0 aliphatic carbocycles. The van der Waals surface area contributed by atoms with Crippen LogP contribution in [-0.4, -0.2) is 43.1 Å². The fourth-order valence-electron chi connectivity index (χ4n) is 5.43. The Balaban J connectivity index is 1.40. The summed E-state index contributed by atoms with van der Waals surface area (Å²) in [6.07, 6.45) is 2.06. The summed E-state index contributed by atoms with van der Waals surface area (Å²) in [6, 6.07) is 23.5. The van der Waals surface area contributed by atoms with Crippen LogP contribution in [0.2, 0.25) is 0 Å². The Hall–Kier alpha value is -3.74. The summed E-state index contributed by atoms with van der Waals surface area (Å²) >= 11 is 0. The Morgan fingerprint density at radius 1 is 0.613 bits per heavy atom. The van der Waals surface area contributed by atoms with Crippen LogP contribution < -0.4 is 4.90 Å². The number of hydrogen-bond acceptors (Lipinski definition) is 5. The number of aromatic nitrogens is 6. The molecule has 0 spiro atoms. The van der Waals surface area contributed by atoms with Crippen LogP contribution in [0.25, 0.3) is 22.1 Å². The van der Waals surface area contributed by atoms with E-state index in [0.717, 1.165) is 48.0 Å². The number of nitrogens with zero attached hydrogens (tertiary/aromatic N) is 7. The van der Waals surface area contributed by atoms with Crippen molar-refractivity contribution in [3.8, 4) is 0 Å². The molecule has 7 nitrogen and oxygen atoms in total. The molecule has 2 aliphatic heterocycles. The van der Waals surface area contributed by atoms with Gasteiger partial charge in [0.15, 0.2) is 0 Å². The summed E-state index contributed by atoms with van der Waals surface area (Å²) in [5.41, 5.74) is 8.07. The first-order valence-electron chi connectivity index (χ1n) is 10.9. The first-order chi connectivity index (χ1) is 15.4. The number of para-hydroxylation sites is 3. The van der Waals surface area contributed by atoms with Gasteiger partial charge in [0, 0.05) is 29.9 Å². The van der Waals surface area contributed by atoms with Crippen molar-refractivity contribution in [3.05, 3.63) is 77.9 Å². The first-order valence-corrected chi connectivity index (χ1v) is 10.9. The van der Waals surface area contributed by atoms with E-state index in [1.165, 1.54) is 16.8 Å². The standard InChI is InChI=1S/C24H21N7/c1-3-10-22-18(8-1)25-27-30(22)20-12-14-29-15-13-21(17-7-5-6-16(20)24(17)29)31-23-11-4-2-9-19(23)26-28-31/h1-11,20-21H,12-15H2/t20-,21-/m0/s1. The molecule has 2 aliphatic rings. The zero-order valence-electron chi connectivity index (χ0n) is 17.0. The van der Waals surface area contributed by atoms with Gasteiger partial charge < -0.3 is 4.90 Å². The van der Waals surface area contributed by atoms with Gasteiger partial charge in [-0.3, -0.25) is 0 Å². The quantitative estimate of drug-likeness (QED) is 0.443. The van der Waals surface area contributed by atoms with E-state index in [1.54, 1.807) is 0 Å². The third-order valence-corrected chi connectivity index (χ3v) is 6.82. The van der Waals surface area contributed by atoms with Crippen LogP contribution >= 0.6 is 0 Å². The molecule has 0 saturated carbocycles. The Bertz CT molecular complexity index is 1330. The van der Waals surface area contributed by atoms with Crippen molar-refractivity contribution >= 4 is 27.8 Å². The van der Waals surface area contributed by atoms with Gasteiger partial charge in [0.05, 0.1) is 23.1 Å². The highest BCUT2D eigenvalue weighted by atomic mass is 15.5. The lowest BCUT2D eigenvalue weighted by atomic mass is 9.86. The maximum atomic E-state index is 4.55. The van der Waals surface area contributed by atoms with E-state index < -0.39 is 0 Å². The van der Waals surface area contributed by atoms with Gasteiger partial charge in [-0.05, 0) is 37.1 Å². The molecule has 0 fully saturated rings. The van der Waals surface area contributed by atoms with Crippen LogP contribution in [0.1, 0.15) is 36.1 Å². The van der Waals surface area contributed by atoms with Gasteiger partial charge in [0.25, 0.3) is 0 Å². The Labute approximate surface area is 178 Å². The number of hydrogen-bond donors (Lipinski definition) is 0. The number of fused-ring (bicyclic) bond motifs is 2. The molecular formula is C24H21N7. The summed E-state index contributed by atoms with van der Waals surface area (Å²) in [5, 5.41) is 17.9. The van der Waals surface area contributed by atoms with Gasteiger partial charge in [-0.15, -0.1) is 10.2 Å². The minimum absolute atomic E-state index is 0.185. The highest BCUT2D eigenvalue weighted by molar-refractivity contribution is 5.76. The molecule has 0 N–H and O–H groups in total. The molecule has 2 aromatic heterocycles. The fourth-order valence-corrected chi connectivity index (χ4v) is 5.43. The molecule has 152 valence electrons. The smallest absolute Gasteiger partial charge is 0.113 e. The molecule has 7 rings (SSSR count). The van der Waals surface area contributed by atoms with Crippen LogP contribution in [-0.2, 0) is 0 Å². The summed E-state index contributed by atoms with van der Waals surface area (Å²) in [7, 11) is 0. The van der Waals surface area contributed by atoms with E-state index in [0.29, 0.717) is 0 Å². The molecule has 0 bridgehead atoms. The molecule has 4 heterocycles. The largest absolute Gasteiger partial charge is 0.371 e. The number of benzene rings is 3. The third kappa shape index (κ3) is 2.40. The second-order valence-corrected chi connectivity index (χ2v) is 8.43. The van der Waals surface area contributed by atoms with Crippen molar-refractivity contribution < 1.29 is 0 Å². The molecule has 0 amide bonds. The lowest BCUT2D eigenvalue weighted by molar-refractivity contribution is 0.426. The predicted molar refractivity (Wildman–Crippen MR) is 119 cm³/mol. The van der Waals surface area contributed by atoms with Gasteiger partial charge in [0.1, 0.15) is 11.0 Å². The molecule has 2 atom stereocenters. The van der Waals surface area contributed by atoms with Gasteiger partial charge in [-0.1, -0.05) is 52.9 Å². The van der Waals surface area contributed by atoms with Gasteiger partial charge >= 0.3 is 0 Å². The molecule has 0 unspecified atom stereocenters. The minimum atomic E-state index is 0.185. The molecule has 5 aromatic rings. The Morgan fingerprint density at radius 2 is 1.13 bits per heavy atom. The summed E-state index contributed by atoms with van der Waals surface area (Å²) < 4.78 is 4.22. The molecule has 3 aromatic carbocycles. The van der Waals surface area contributed by atoms with E-state index in [1.807, 2.05) is 24.3 Å². The highest BCUT2D eigenvalue weighted by Gasteiger charge is 2.36. The van der Waals surface area contributed by atoms with E-state index in [4.69, 9.17) is 0 Å². The van der Waals surface area contributed by atoms with E-state index in [9.17, 15) is 0 Å². The van der Waals surface area contributed by atoms with Crippen LogP contribution in [0.4, 0.5) is 5.69 Å². The maximum Gasteiger partial charge on any atom is 0.113 e. The summed E-state index contributed by atoms with van der Waals surface area (Å²) in [5.74, 6) is 0. The number of anilines is 1. The SMILES string of the molecule is c1cc2c3c(c1)[C@@H](n1nnc4ccccc41)CCN3CC[C@@H]2n1nnc2ccccc21. The second kappa shape index (κ2) is 6.38. The summed E-state index contributed by atoms with van der Waals surface area (Å²) in [4.78, 5) is 2.54. The highest BCUT2D eigenvalue weighted by Crippen LogP contribution is 2.45. The molecule has 0 radical (unpaired) electrons. The average Bonchev–Trinajstić information content (AvgIpc) is 3.44. The second-order valence-electron chi connectivity index (χ2n) is 8.43. The van der Waals surface area contributed by atoms with Gasteiger partial charge in [-0.2, -0.15) is 0 Å². The van der Waals surface area contributed by atoms with Crippen molar-refractivity contribution in [1.29, 1.82) is 0 Å². The fraction of sp³-hybridized carbons (Fsp3) is 0.250. The molecule has 7 heteroatoms. The van der Waals surface area contributed by atoms with Crippen LogP contribution in [0, 0.1) is 0 Å². The third-order valence-electron chi connectivity index (χ3n) is 6.82. The van der Waals surface area contributed by atoms with Crippen LogP contribution in [0.3, 0.4) is 0 Å². The van der Waals surface area contributed by atoms with Crippen molar-refractivity contribution in [2.75, 3.05) is 18.0 Å². The zero-order valence-corrected chi connectivity index (χ0v) is 17.0. The Morgan fingerprint density at radius 3 is 1.68 bits per heavy atom. The lowest BCUT2D eigenvalue weighted by Crippen LogP contribution is -2.39. The molecule has 0 saturated heterocycles. The van der Waals surface area contributed by atoms with E-state index >= 15 is 0 Å². The first kappa shape index (κ1) is 17.0. The maximum absolute atomic E-state index is 4.55. The predicted octanol–water partition coefficient (Wildman–Crippen LogP) is 3.97. The normalized spacial score (nSPS) is 20.3. The van der Waals surface area contributed by atoms with Crippen molar-refractivity contribution in [2.45, 2.75) is 24.9 Å². The molecular weight excluding hydrogens is 386 g/mol. The van der Waals surface area contributed by atoms with Crippen molar-refractivity contribution in [2.24, 2.45) is 0 Å². The van der Waals surface area contributed by atoms with Crippen LogP contribution in [0.5, 0.6) is 0 Å². The van der Waals surface area contributed by atoms with Gasteiger partial charge in [0.2, 0.25) is 0 Å². The minimum Gasteiger partial charge on any atom is -0.371 e. The van der Waals surface area contributed by atoms with E-state index in [2.05, 4.69) is 77.4 Å². The summed E-state index contributed by atoms with van der Waals surface area (Å²) in [6.45, 7) is 2.04. The number of rotatable bonds is 2. The average molecular weight is 407 g/mol. The van der Waals surface area contributed by atoms with Crippen molar-refractivity contribution in [1.82, 2.24) is 30.0 Å². The monoisotopic (exact) mass is 407 g/mol. The molecule has 31 heavy (non-hydrogen) atoms. The topological polar surface area (TPSA) is 64.7 Å².